The molecule has 0 aromatic carbocycles. The van der Waals surface area contributed by atoms with Gasteiger partial charge in [0.2, 0.25) is 0 Å². The zero-order valence-electron chi connectivity index (χ0n) is 17.0. The first-order valence-electron chi connectivity index (χ1n) is 10.2. The number of hydrogen-bond acceptors (Lipinski definition) is 1. The second-order valence-corrected chi connectivity index (χ2v) is 7.66. The van der Waals surface area contributed by atoms with Gasteiger partial charge < -0.3 is 12.4 Å². The molecule has 0 aliphatic rings. The number of hydrogen-bond donors (Lipinski definition) is 0. The van der Waals surface area contributed by atoms with Crippen molar-refractivity contribution in [3.8, 4) is 0 Å². The molecule has 0 bridgehead atoms. The minimum Gasteiger partial charge on any atom is -1.00 e. The largest absolute Gasteiger partial charge is 1.00 e. The third kappa shape index (κ3) is 24.2. The predicted molar refractivity (Wildman–Crippen MR) is 103 cm³/mol. The van der Waals surface area contributed by atoms with Crippen LogP contribution in [-0.4, -0.2) is 32.4 Å². The molecule has 0 fully saturated rings. The Morgan fingerprint density at radius 1 is 0.625 bits per heavy atom. The van der Waals surface area contributed by atoms with Crippen LogP contribution in [0.1, 0.15) is 96.8 Å². The van der Waals surface area contributed by atoms with Crippen LogP contribution in [0.5, 0.6) is 0 Å². The molecule has 0 aromatic heterocycles. The van der Waals surface area contributed by atoms with Gasteiger partial charge in [0.15, 0.2) is 0 Å². The van der Waals surface area contributed by atoms with E-state index >= 15 is 0 Å². The summed E-state index contributed by atoms with van der Waals surface area (Å²) in [5.74, 6) is 0. The van der Waals surface area contributed by atoms with Crippen LogP contribution in [0.15, 0.2) is 12.2 Å². The van der Waals surface area contributed by atoms with Crippen molar-refractivity contribution >= 4 is 0 Å². The summed E-state index contributed by atoms with van der Waals surface area (Å²) in [5.41, 5.74) is 0. The highest BCUT2D eigenvalue weighted by Crippen LogP contribution is 2.10. The molecule has 0 heterocycles. The number of halogens is 1. The lowest BCUT2D eigenvalue weighted by Gasteiger charge is -2.20. The molecule has 0 saturated heterocycles. The first-order valence-corrected chi connectivity index (χ1v) is 10.2. The molecule has 0 saturated carbocycles. The van der Waals surface area contributed by atoms with Crippen LogP contribution >= 0.6 is 0 Å². The summed E-state index contributed by atoms with van der Waals surface area (Å²) in [5, 5.41) is 0. The molecular formula is C21H44ClNO. The Balaban J connectivity index is 0. The first-order chi connectivity index (χ1) is 11.1. The van der Waals surface area contributed by atoms with Crippen LogP contribution in [0.25, 0.3) is 0 Å². The van der Waals surface area contributed by atoms with Gasteiger partial charge in [0, 0.05) is 0 Å². The van der Waals surface area contributed by atoms with E-state index in [1.54, 1.807) is 0 Å². The molecule has 24 heavy (non-hydrogen) atoms. The van der Waals surface area contributed by atoms with Gasteiger partial charge in [-0.25, -0.2) is 4.84 Å². The fourth-order valence-electron chi connectivity index (χ4n) is 2.69. The summed E-state index contributed by atoms with van der Waals surface area (Å²) < 4.78 is 0.616. The summed E-state index contributed by atoms with van der Waals surface area (Å²) in [6, 6.07) is 0. The molecule has 0 unspecified atom stereocenters. The summed E-state index contributed by atoms with van der Waals surface area (Å²) in [4.78, 5) is 5.68. The predicted octanol–water partition coefficient (Wildman–Crippen LogP) is 3.67. The lowest BCUT2D eigenvalue weighted by molar-refractivity contribution is -1.06. The second kappa shape index (κ2) is 19.3. The van der Waals surface area contributed by atoms with E-state index in [4.69, 9.17) is 4.84 Å². The first kappa shape index (κ1) is 26.2. The number of quaternary nitrogens is 1. The molecule has 0 amide bonds. The van der Waals surface area contributed by atoms with Crippen molar-refractivity contribution < 1.29 is 21.9 Å². The standard InChI is InChI=1S/C21H44NO.ClH/c1-5-6-7-8-9-10-11-12-13-14-15-16-17-18-19-20-21-23-22(2,3)4;/h12-13H,5-11,14-21H2,1-4H3;1H/q+1;/p-1/b13-12-;. The third-order valence-corrected chi connectivity index (χ3v) is 4.13. The molecule has 3 heteroatoms. The fraction of sp³-hybridized carbons (Fsp3) is 0.905. The Hall–Kier alpha value is -0.0500. The molecule has 0 N–H and O–H groups in total. The molecule has 146 valence electrons. The summed E-state index contributed by atoms with van der Waals surface area (Å²) in [6.45, 7) is 3.17. The summed E-state index contributed by atoms with van der Waals surface area (Å²) in [6.07, 6.45) is 23.8. The highest BCUT2D eigenvalue weighted by atomic mass is 35.5. The van der Waals surface area contributed by atoms with E-state index in [9.17, 15) is 0 Å². The maximum absolute atomic E-state index is 5.68. The molecule has 0 aliphatic heterocycles. The van der Waals surface area contributed by atoms with Gasteiger partial charge in [-0.05, 0) is 32.1 Å². The molecule has 0 spiro atoms. The van der Waals surface area contributed by atoms with Crippen molar-refractivity contribution in [3.63, 3.8) is 0 Å². The topological polar surface area (TPSA) is 9.23 Å². The van der Waals surface area contributed by atoms with Crippen molar-refractivity contribution in [3.05, 3.63) is 12.2 Å². The maximum atomic E-state index is 5.68. The van der Waals surface area contributed by atoms with Gasteiger partial charge in [-0.1, -0.05) is 76.9 Å². The van der Waals surface area contributed by atoms with E-state index in [-0.39, 0.29) is 12.4 Å². The number of nitrogens with zero attached hydrogens (tertiary/aromatic N) is 1. The Labute approximate surface area is 159 Å². The van der Waals surface area contributed by atoms with E-state index < -0.39 is 0 Å². The van der Waals surface area contributed by atoms with Crippen LogP contribution in [-0.2, 0) is 4.84 Å². The highest BCUT2D eigenvalue weighted by molar-refractivity contribution is 4.81. The minimum atomic E-state index is 0. The van der Waals surface area contributed by atoms with Crippen LogP contribution in [0.3, 0.4) is 0 Å². The van der Waals surface area contributed by atoms with Gasteiger partial charge in [0.25, 0.3) is 0 Å². The van der Waals surface area contributed by atoms with E-state index in [1.165, 1.54) is 89.9 Å². The van der Waals surface area contributed by atoms with Crippen molar-refractivity contribution in [2.75, 3.05) is 27.7 Å². The minimum absolute atomic E-state index is 0. The lowest BCUT2D eigenvalue weighted by Crippen LogP contribution is -3.00. The van der Waals surface area contributed by atoms with E-state index in [1.807, 2.05) is 0 Å². The highest BCUT2D eigenvalue weighted by Gasteiger charge is 2.06. The van der Waals surface area contributed by atoms with Crippen LogP contribution in [0.4, 0.5) is 0 Å². The Morgan fingerprint density at radius 3 is 1.50 bits per heavy atom. The zero-order chi connectivity index (χ0) is 17.2. The third-order valence-electron chi connectivity index (χ3n) is 4.13. The Morgan fingerprint density at radius 2 is 1.04 bits per heavy atom. The monoisotopic (exact) mass is 361 g/mol. The van der Waals surface area contributed by atoms with E-state index in [2.05, 4.69) is 40.2 Å². The molecule has 0 aromatic rings. The van der Waals surface area contributed by atoms with Crippen LogP contribution in [0, 0.1) is 0 Å². The van der Waals surface area contributed by atoms with Crippen LogP contribution in [0.2, 0.25) is 0 Å². The normalized spacial score (nSPS) is 11.8. The summed E-state index contributed by atoms with van der Waals surface area (Å²) >= 11 is 0. The number of unbranched alkanes of at least 4 members (excludes halogenated alkanes) is 12. The summed E-state index contributed by atoms with van der Waals surface area (Å²) in [7, 11) is 6.21. The van der Waals surface area contributed by atoms with Gasteiger partial charge >= 0.3 is 0 Å². The van der Waals surface area contributed by atoms with E-state index in [0.29, 0.717) is 4.65 Å². The van der Waals surface area contributed by atoms with Gasteiger partial charge in [0.1, 0.15) is 6.61 Å². The van der Waals surface area contributed by atoms with Gasteiger partial charge in [-0.3, -0.25) is 0 Å². The number of hydroxylamine groups is 3. The number of rotatable bonds is 17. The average Bonchev–Trinajstić information content (AvgIpc) is 2.49. The Bertz CT molecular complexity index is 261. The molecule has 0 radical (unpaired) electrons. The van der Waals surface area contributed by atoms with Crippen LogP contribution < -0.4 is 12.4 Å². The van der Waals surface area contributed by atoms with Crippen molar-refractivity contribution in [1.82, 2.24) is 0 Å². The van der Waals surface area contributed by atoms with Gasteiger partial charge in [0.05, 0.1) is 21.1 Å². The van der Waals surface area contributed by atoms with Gasteiger partial charge in [-0.2, -0.15) is 4.65 Å². The number of allylic oxidation sites excluding steroid dienone is 2. The smallest absolute Gasteiger partial charge is 0.106 e. The molecule has 0 aliphatic carbocycles. The quantitative estimate of drug-likeness (QED) is 0.166. The molecule has 2 nitrogen and oxygen atoms in total. The Kier molecular flexibility index (Phi) is 21.0. The van der Waals surface area contributed by atoms with E-state index in [0.717, 1.165) is 6.61 Å². The molecule has 0 rings (SSSR count). The van der Waals surface area contributed by atoms with Crippen molar-refractivity contribution in [1.29, 1.82) is 0 Å². The molecule has 0 atom stereocenters. The lowest BCUT2D eigenvalue weighted by atomic mass is 10.1. The second-order valence-electron chi connectivity index (χ2n) is 7.66. The SMILES string of the molecule is CCCCCCCC/C=C\CCCCCCCCO[N+](C)(C)C.[Cl-]. The van der Waals surface area contributed by atoms with Gasteiger partial charge in [-0.15, -0.1) is 0 Å². The van der Waals surface area contributed by atoms with Crippen molar-refractivity contribution in [2.24, 2.45) is 0 Å². The maximum Gasteiger partial charge on any atom is 0.106 e. The molecular weight excluding hydrogens is 318 g/mol. The fourth-order valence-corrected chi connectivity index (χ4v) is 2.69. The zero-order valence-corrected chi connectivity index (χ0v) is 17.8. The average molecular weight is 362 g/mol. The van der Waals surface area contributed by atoms with Crippen molar-refractivity contribution in [2.45, 2.75) is 96.8 Å².